The van der Waals surface area contributed by atoms with Gasteiger partial charge in [-0.05, 0) is 18.1 Å². The molecule has 0 unspecified atom stereocenters. The van der Waals surface area contributed by atoms with E-state index in [1.165, 1.54) is 21.7 Å². The average molecular weight is 404 g/mol. The summed E-state index contributed by atoms with van der Waals surface area (Å²) in [5, 5.41) is 0. The lowest BCUT2D eigenvalue weighted by Gasteiger charge is -2.25. The van der Waals surface area contributed by atoms with E-state index >= 15 is 0 Å². The number of carbonyl (C=O) groups excluding carboxylic acids is 1. The van der Waals surface area contributed by atoms with E-state index in [4.69, 9.17) is 9.72 Å². The quantitative estimate of drug-likeness (QED) is 0.470. The topological polar surface area (TPSA) is 46.8 Å². The Bertz CT molecular complexity index is 1160. The lowest BCUT2D eigenvalue weighted by Crippen LogP contribution is -2.36. The van der Waals surface area contributed by atoms with Crippen LogP contribution in [0.2, 0.25) is 0 Å². The van der Waals surface area contributed by atoms with E-state index in [9.17, 15) is 4.79 Å². The number of hydrogen-bond donors (Lipinski definition) is 0. The van der Waals surface area contributed by atoms with Crippen LogP contribution in [0.3, 0.4) is 0 Å². The maximum absolute atomic E-state index is 12.0. The van der Waals surface area contributed by atoms with Crippen LogP contribution in [0.4, 0.5) is 4.79 Å². The number of nitrogens with zero attached hydrogens (tertiary/aromatic N) is 3. The molecule has 0 atom stereocenters. The molecule has 0 spiro atoms. The highest BCUT2D eigenvalue weighted by Crippen LogP contribution is 2.32. The van der Waals surface area contributed by atoms with Crippen molar-refractivity contribution in [2.45, 2.75) is 19.9 Å². The van der Waals surface area contributed by atoms with Gasteiger partial charge in [0.25, 0.3) is 0 Å². The molecular weight excluding hydrogens is 382 g/mol. The largest absolute Gasteiger partial charge is 0.450 e. The summed E-state index contributed by atoms with van der Waals surface area (Å²) in [5.74, 6) is 0. The van der Waals surface area contributed by atoms with Gasteiger partial charge in [0.15, 0.2) is 4.96 Å². The van der Waals surface area contributed by atoms with Crippen LogP contribution in [-0.2, 0) is 17.7 Å². The number of thiazole rings is 1. The van der Waals surface area contributed by atoms with Crippen LogP contribution in [0.1, 0.15) is 17.5 Å². The van der Waals surface area contributed by atoms with Gasteiger partial charge in [-0.25, -0.2) is 9.78 Å². The third-order valence-corrected chi connectivity index (χ3v) is 6.35. The standard InChI is InChI=1S/C23H21N3O2S/c1-2-28-23(27)25-13-12-20-21(15-25)29-22-24-19(14-26(20)22)18-10-8-17(9-11-18)16-6-4-3-5-7-16/h3-11,14H,2,12-13,15H2,1H3. The molecule has 0 aliphatic carbocycles. The molecule has 4 aromatic rings. The normalized spacial score (nSPS) is 13.5. The summed E-state index contributed by atoms with van der Waals surface area (Å²) in [4.78, 5) is 20.8. The Morgan fingerprint density at radius 3 is 2.55 bits per heavy atom. The Morgan fingerprint density at radius 2 is 1.79 bits per heavy atom. The summed E-state index contributed by atoms with van der Waals surface area (Å²) in [7, 11) is 0. The number of imidazole rings is 1. The first kappa shape index (κ1) is 17.9. The predicted octanol–water partition coefficient (Wildman–Crippen LogP) is 5.24. The maximum atomic E-state index is 12.0. The highest BCUT2D eigenvalue weighted by Gasteiger charge is 2.26. The summed E-state index contributed by atoms with van der Waals surface area (Å²) in [5.41, 5.74) is 5.76. The van der Waals surface area contributed by atoms with Crippen LogP contribution in [0.5, 0.6) is 0 Å². The summed E-state index contributed by atoms with van der Waals surface area (Å²) in [6.07, 6.45) is 2.70. The lowest BCUT2D eigenvalue weighted by atomic mass is 10.0. The van der Waals surface area contributed by atoms with Gasteiger partial charge in [0.05, 0.1) is 18.8 Å². The van der Waals surface area contributed by atoms with Crippen molar-refractivity contribution in [3.63, 3.8) is 0 Å². The van der Waals surface area contributed by atoms with Crippen LogP contribution in [-0.4, -0.2) is 33.5 Å². The molecule has 5 rings (SSSR count). The number of fused-ring (bicyclic) bond motifs is 3. The van der Waals surface area contributed by atoms with E-state index in [1.807, 2.05) is 13.0 Å². The lowest BCUT2D eigenvalue weighted by molar-refractivity contribution is 0.103. The van der Waals surface area contributed by atoms with Gasteiger partial charge in [0.2, 0.25) is 0 Å². The molecule has 0 saturated carbocycles. The van der Waals surface area contributed by atoms with Gasteiger partial charge in [0.1, 0.15) is 0 Å². The summed E-state index contributed by atoms with van der Waals surface area (Å²) in [6.45, 7) is 3.52. The minimum Gasteiger partial charge on any atom is -0.450 e. The fraction of sp³-hybridized carbons (Fsp3) is 0.217. The van der Waals surface area contributed by atoms with Gasteiger partial charge in [-0.15, -0.1) is 0 Å². The van der Waals surface area contributed by atoms with Crippen molar-refractivity contribution < 1.29 is 9.53 Å². The van der Waals surface area contributed by atoms with Gasteiger partial charge < -0.3 is 9.64 Å². The van der Waals surface area contributed by atoms with Gasteiger partial charge in [-0.3, -0.25) is 4.40 Å². The summed E-state index contributed by atoms with van der Waals surface area (Å²) >= 11 is 1.66. The molecule has 5 nitrogen and oxygen atoms in total. The second-order valence-corrected chi connectivity index (χ2v) is 8.13. The molecule has 6 heteroatoms. The van der Waals surface area contributed by atoms with Gasteiger partial charge >= 0.3 is 6.09 Å². The molecule has 2 aromatic heterocycles. The van der Waals surface area contributed by atoms with Crippen molar-refractivity contribution in [2.75, 3.05) is 13.2 Å². The minimum atomic E-state index is -0.233. The van der Waals surface area contributed by atoms with Crippen LogP contribution >= 0.6 is 11.3 Å². The molecule has 0 N–H and O–H groups in total. The van der Waals surface area contributed by atoms with E-state index in [2.05, 4.69) is 59.1 Å². The Labute approximate surface area is 173 Å². The van der Waals surface area contributed by atoms with E-state index in [-0.39, 0.29) is 6.09 Å². The van der Waals surface area contributed by atoms with Crippen molar-refractivity contribution in [3.05, 3.63) is 71.4 Å². The summed E-state index contributed by atoms with van der Waals surface area (Å²) < 4.78 is 7.32. The molecule has 0 bridgehead atoms. The van der Waals surface area contributed by atoms with Crippen molar-refractivity contribution >= 4 is 22.4 Å². The number of hydrogen-bond acceptors (Lipinski definition) is 4. The first-order valence-electron chi connectivity index (χ1n) is 9.80. The molecule has 1 aliphatic rings. The Balaban J connectivity index is 1.41. The first-order valence-corrected chi connectivity index (χ1v) is 10.6. The van der Waals surface area contributed by atoms with E-state index in [0.717, 1.165) is 22.6 Å². The zero-order chi connectivity index (χ0) is 19.8. The molecule has 1 aliphatic heterocycles. The second kappa shape index (κ2) is 7.37. The third-order valence-electron chi connectivity index (χ3n) is 5.27. The Kier molecular flexibility index (Phi) is 4.56. The van der Waals surface area contributed by atoms with Crippen LogP contribution in [0.15, 0.2) is 60.8 Å². The molecule has 0 fully saturated rings. The molecular formula is C23H21N3O2S. The highest BCUT2D eigenvalue weighted by molar-refractivity contribution is 7.17. The predicted molar refractivity (Wildman–Crippen MR) is 115 cm³/mol. The Morgan fingerprint density at radius 1 is 1.07 bits per heavy atom. The van der Waals surface area contributed by atoms with Gasteiger partial charge in [-0.1, -0.05) is 65.9 Å². The minimum absolute atomic E-state index is 0.233. The number of carbonyl (C=O) groups is 1. The number of benzene rings is 2. The van der Waals surface area contributed by atoms with E-state index < -0.39 is 0 Å². The van der Waals surface area contributed by atoms with E-state index in [1.54, 1.807) is 16.2 Å². The number of amides is 1. The highest BCUT2D eigenvalue weighted by atomic mass is 32.1. The fourth-order valence-corrected chi connectivity index (χ4v) is 4.95. The first-order chi connectivity index (χ1) is 14.2. The molecule has 29 heavy (non-hydrogen) atoms. The number of rotatable bonds is 3. The summed E-state index contributed by atoms with van der Waals surface area (Å²) in [6, 6.07) is 18.9. The SMILES string of the molecule is CCOC(=O)N1CCc2c(sc3nc(-c4ccc(-c5ccccc5)cc4)cn23)C1. The molecule has 2 aromatic carbocycles. The van der Waals surface area contributed by atoms with Crippen molar-refractivity contribution in [1.29, 1.82) is 0 Å². The van der Waals surface area contributed by atoms with Crippen molar-refractivity contribution in [2.24, 2.45) is 0 Å². The zero-order valence-electron chi connectivity index (χ0n) is 16.2. The van der Waals surface area contributed by atoms with Crippen LogP contribution < -0.4 is 0 Å². The molecule has 3 heterocycles. The number of aromatic nitrogens is 2. The van der Waals surface area contributed by atoms with Crippen molar-refractivity contribution in [1.82, 2.24) is 14.3 Å². The van der Waals surface area contributed by atoms with Gasteiger partial charge in [0, 0.05) is 35.3 Å². The van der Waals surface area contributed by atoms with E-state index in [0.29, 0.717) is 19.7 Å². The molecule has 146 valence electrons. The van der Waals surface area contributed by atoms with Crippen LogP contribution in [0.25, 0.3) is 27.3 Å². The fourth-order valence-electron chi connectivity index (χ4n) is 3.78. The maximum Gasteiger partial charge on any atom is 0.410 e. The average Bonchev–Trinajstić information content (AvgIpc) is 3.32. The molecule has 0 radical (unpaired) electrons. The third kappa shape index (κ3) is 3.29. The zero-order valence-corrected chi connectivity index (χ0v) is 17.0. The van der Waals surface area contributed by atoms with Crippen LogP contribution in [0, 0.1) is 0 Å². The smallest absolute Gasteiger partial charge is 0.410 e. The molecule has 0 saturated heterocycles. The van der Waals surface area contributed by atoms with Crippen molar-refractivity contribution in [3.8, 4) is 22.4 Å². The Hall–Kier alpha value is -3.12. The second-order valence-electron chi connectivity index (χ2n) is 7.06. The number of ether oxygens (including phenoxy) is 1. The molecule has 1 amide bonds. The van der Waals surface area contributed by atoms with Gasteiger partial charge in [-0.2, -0.15) is 0 Å². The monoisotopic (exact) mass is 403 g/mol.